The Morgan fingerprint density at radius 3 is 2.88 bits per heavy atom. The summed E-state index contributed by atoms with van der Waals surface area (Å²) < 4.78 is 11.2. The van der Waals surface area contributed by atoms with E-state index in [1.807, 2.05) is 12.1 Å². The van der Waals surface area contributed by atoms with Gasteiger partial charge in [0.2, 0.25) is 0 Å². The van der Waals surface area contributed by atoms with E-state index in [-0.39, 0.29) is 0 Å². The number of aliphatic imine (C=N–C) groups is 1. The molecule has 0 saturated carbocycles. The zero-order valence-electron chi connectivity index (χ0n) is 15.7. The molecule has 4 rings (SSSR count). The van der Waals surface area contributed by atoms with E-state index < -0.39 is 0 Å². The normalized spacial score (nSPS) is 27.5. The van der Waals surface area contributed by atoms with E-state index in [2.05, 4.69) is 15.1 Å². The van der Waals surface area contributed by atoms with E-state index in [1.165, 1.54) is 38.8 Å². The molecule has 6 nitrogen and oxygen atoms in total. The molecule has 0 bridgehead atoms. The highest BCUT2D eigenvalue weighted by Crippen LogP contribution is 2.21. The van der Waals surface area contributed by atoms with Crippen molar-refractivity contribution >= 4 is 5.96 Å². The lowest BCUT2D eigenvalue weighted by molar-refractivity contribution is 0.117. The molecule has 3 aliphatic heterocycles. The Kier molecular flexibility index (Phi) is 6.12. The van der Waals surface area contributed by atoms with Crippen LogP contribution in [0.4, 0.5) is 0 Å². The average molecular weight is 361 g/mol. The maximum atomic E-state index is 5.76. The molecule has 1 N–H and O–H groups in total. The number of hydrogen-bond donors (Lipinski definition) is 1. The molecule has 26 heavy (non-hydrogen) atoms. The second-order valence-corrected chi connectivity index (χ2v) is 7.69. The van der Waals surface area contributed by atoms with Crippen molar-refractivity contribution in [1.82, 2.24) is 15.1 Å². The first-order chi connectivity index (χ1) is 12.9. The quantitative estimate of drug-likeness (QED) is 0.622. The van der Waals surface area contributed by atoms with Gasteiger partial charge in [0.05, 0.1) is 18.9 Å². The van der Waals surface area contributed by atoms with Crippen LogP contribution >= 0.6 is 0 Å². The van der Waals surface area contributed by atoms with Crippen molar-refractivity contribution < 1.29 is 9.15 Å². The third-order valence-corrected chi connectivity index (χ3v) is 5.82. The summed E-state index contributed by atoms with van der Waals surface area (Å²) in [7, 11) is 0. The molecule has 0 aliphatic carbocycles. The summed E-state index contributed by atoms with van der Waals surface area (Å²) in [5.41, 5.74) is 0. The summed E-state index contributed by atoms with van der Waals surface area (Å²) in [5.74, 6) is 2.07. The number of hydrogen-bond acceptors (Lipinski definition) is 4. The maximum Gasteiger partial charge on any atom is 0.194 e. The van der Waals surface area contributed by atoms with Gasteiger partial charge in [0, 0.05) is 38.7 Å². The SMILES string of the molecule is c1coc(CCNC(=NCC2CCCO2)N2CCC(N3CCCC3)C2)c1. The summed E-state index contributed by atoms with van der Waals surface area (Å²) in [6, 6.07) is 4.67. The van der Waals surface area contributed by atoms with Crippen molar-refractivity contribution in [3.05, 3.63) is 24.2 Å². The van der Waals surface area contributed by atoms with Gasteiger partial charge in [0.1, 0.15) is 5.76 Å². The maximum absolute atomic E-state index is 5.76. The van der Waals surface area contributed by atoms with Gasteiger partial charge in [0.25, 0.3) is 0 Å². The van der Waals surface area contributed by atoms with Gasteiger partial charge >= 0.3 is 0 Å². The number of likely N-dealkylation sites (tertiary alicyclic amines) is 2. The second-order valence-electron chi connectivity index (χ2n) is 7.69. The number of nitrogens with one attached hydrogen (secondary N) is 1. The Balaban J connectivity index is 1.33. The molecule has 3 aliphatic rings. The van der Waals surface area contributed by atoms with Crippen molar-refractivity contribution in [3.63, 3.8) is 0 Å². The van der Waals surface area contributed by atoms with Crippen LogP contribution in [0.1, 0.15) is 37.9 Å². The summed E-state index contributed by atoms with van der Waals surface area (Å²) in [6.45, 7) is 7.25. The molecule has 1 aromatic rings. The second kappa shape index (κ2) is 8.91. The van der Waals surface area contributed by atoms with Gasteiger partial charge in [-0.1, -0.05) is 0 Å². The van der Waals surface area contributed by atoms with E-state index in [0.29, 0.717) is 12.1 Å². The van der Waals surface area contributed by atoms with Crippen LogP contribution in [0.25, 0.3) is 0 Å². The van der Waals surface area contributed by atoms with Crippen LogP contribution < -0.4 is 5.32 Å². The summed E-state index contributed by atoms with van der Waals surface area (Å²) in [4.78, 5) is 10.0. The highest BCUT2D eigenvalue weighted by Gasteiger charge is 2.31. The van der Waals surface area contributed by atoms with Crippen molar-refractivity contribution in [2.75, 3.05) is 45.9 Å². The molecule has 0 radical (unpaired) electrons. The number of guanidine groups is 1. The molecule has 4 heterocycles. The Hall–Kier alpha value is -1.53. The van der Waals surface area contributed by atoms with Crippen molar-refractivity contribution in [2.45, 2.75) is 50.7 Å². The Morgan fingerprint density at radius 2 is 2.12 bits per heavy atom. The molecule has 3 saturated heterocycles. The highest BCUT2D eigenvalue weighted by molar-refractivity contribution is 5.80. The van der Waals surface area contributed by atoms with E-state index >= 15 is 0 Å². The van der Waals surface area contributed by atoms with Gasteiger partial charge < -0.3 is 19.4 Å². The van der Waals surface area contributed by atoms with E-state index in [0.717, 1.165) is 57.3 Å². The summed E-state index contributed by atoms with van der Waals surface area (Å²) in [6.07, 6.45) is 9.20. The number of rotatable bonds is 6. The van der Waals surface area contributed by atoms with Crippen LogP contribution in [0.2, 0.25) is 0 Å². The van der Waals surface area contributed by atoms with Gasteiger partial charge in [-0.3, -0.25) is 9.89 Å². The van der Waals surface area contributed by atoms with Crippen molar-refractivity contribution in [1.29, 1.82) is 0 Å². The van der Waals surface area contributed by atoms with E-state index in [4.69, 9.17) is 14.1 Å². The minimum atomic E-state index is 0.300. The van der Waals surface area contributed by atoms with E-state index in [1.54, 1.807) is 6.26 Å². The number of nitrogens with zero attached hydrogens (tertiary/aromatic N) is 3. The monoisotopic (exact) mass is 360 g/mol. The minimum Gasteiger partial charge on any atom is -0.469 e. The zero-order chi connectivity index (χ0) is 17.6. The Labute approximate surface area is 156 Å². The van der Waals surface area contributed by atoms with Crippen LogP contribution in [0, 0.1) is 0 Å². The predicted octanol–water partition coefficient (Wildman–Crippen LogP) is 2.12. The third-order valence-electron chi connectivity index (χ3n) is 5.82. The molecular weight excluding hydrogens is 328 g/mol. The van der Waals surface area contributed by atoms with Crippen LogP contribution in [-0.2, 0) is 11.2 Å². The van der Waals surface area contributed by atoms with Gasteiger partial charge in [-0.15, -0.1) is 0 Å². The summed E-state index contributed by atoms with van der Waals surface area (Å²) in [5, 5.41) is 3.58. The zero-order valence-corrected chi connectivity index (χ0v) is 15.7. The van der Waals surface area contributed by atoms with Gasteiger partial charge in [-0.05, 0) is 57.3 Å². The fourth-order valence-corrected chi connectivity index (χ4v) is 4.34. The molecule has 2 atom stereocenters. The van der Waals surface area contributed by atoms with Crippen molar-refractivity contribution in [3.8, 4) is 0 Å². The van der Waals surface area contributed by atoms with Gasteiger partial charge in [0.15, 0.2) is 5.96 Å². The number of ether oxygens (including phenoxy) is 1. The minimum absolute atomic E-state index is 0.300. The highest BCUT2D eigenvalue weighted by atomic mass is 16.5. The molecule has 1 aromatic heterocycles. The first kappa shape index (κ1) is 17.9. The summed E-state index contributed by atoms with van der Waals surface area (Å²) >= 11 is 0. The predicted molar refractivity (Wildman–Crippen MR) is 102 cm³/mol. The van der Waals surface area contributed by atoms with Crippen LogP contribution in [0.15, 0.2) is 27.8 Å². The standard InChI is InChI=1S/C20H32N4O2/c1-2-11-23(10-1)17-8-12-24(16-17)20(22-15-19-6-4-14-26-19)21-9-7-18-5-3-13-25-18/h3,5,13,17,19H,1-2,4,6-12,14-16H2,(H,21,22). The lowest BCUT2D eigenvalue weighted by atomic mass is 10.2. The number of furan rings is 1. The molecule has 2 unspecified atom stereocenters. The topological polar surface area (TPSA) is 53.2 Å². The van der Waals surface area contributed by atoms with Gasteiger partial charge in [-0.25, -0.2) is 0 Å². The third kappa shape index (κ3) is 4.60. The Morgan fingerprint density at radius 1 is 1.19 bits per heavy atom. The first-order valence-electron chi connectivity index (χ1n) is 10.3. The largest absolute Gasteiger partial charge is 0.469 e. The average Bonchev–Trinajstić information content (AvgIpc) is 3.45. The first-order valence-corrected chi connectivity index (χ1v) is 10.3. The lowest BCUT2D eigenvalue weighted by Crippen LogP contribution is -2.43. The van der Waals surface area contributed by atoms with Crippen LogP contribution in [-0.4, -0.2) is 73.8 Å². The van der Waals surface area contributed by atoms with Gasteiger partial charge in [-0.2, -0.15) is 0 Å². The molecule has 0 aromatic carbocycles. The molecule has 144 valence electrons. The van der Waals surface area contributed by atoms with Crippen molar-refractivity contribution in [2.24, 2.45) is 4.99 Å². The molecule has 0 spiro atoms. The Bertz CT molecular complexity index is 562. The fourth-order valence-electron chi connectivity index (χ4n) is 4.34. The lowest BCUT2D eigenvalue weighted by Gasteiger charge is -2.26. The fraction of sp³-hybridized carbons (Fsp3) is 0.750. The smallest absolute Gasteiger partial charge is 0.194 e. The molecule has 6 heteroatoms. The molecule has 3 fully saturated rings. The molecule has 0 amide bonds. The van der Waals surface area contributed by atoms with Crippen LogP contribution in [0.5, 0.6) is 0 Å². The molecular formula is C20H32N4O2. The van der Waals surface area contributed by atoms with Crippen LogP contribution in [0.3, 0.4) is 0 Å². The van der Waals surface area contributed by atoms with E-state index in [9.17, 15) is 0 Å².